The third kappa shape index (κ3) is 4.74. The van der Waals surface area contributed by atoms with Gasteiger partial charge in [-0.2, -0.15) is 0 Å². The van der Waals surface area contributed by atoms with Crippen molar-refractivity contribution in [1.29, 1.82) is 0 Å². The number of hydrogen-bond acceptors (Lipinski definition) is 5. The molecule has 7 nitrogen and oxygen atoms in total. The van der Waals surface area contributed by atoms with E-state index < -0.39 is 0 Å². The molecule has 3 amide bonds. The first kappa shape index (κ1) is 22.6. The van der Waals surface area contributed by atoms with Gasteiger partial charge in [-0.05, 0) is 59.8 Å². The molecule has 3 heterocycles. The number of carbonyl (C=O) groups is 3. The number of carbonyl (C=O) groups excluding carboxylic acids is 3. The van der Waals surface area contributed by atoms with E-state index in [9.17, 15) is 14.4 Å². The van der Waals surface area contributed by atoms with Gasteiger partial charge in [-0.15, -0.1) is 22.7 Å². The molecule has 2 aliphatic carbocycles. The molecule has 3 aromatic rings. The molecule has 3 N–H and O–H groups in total. The van der Waals surface area contributed by atoms with E-state index in [1.54, 1.807) is 12.1 Å². The minimum absolute atomic E-state index is 0.0147. The monoisotopic (exact) mass is 548 g/mol. The molecule has 2 saturated carbocycles. The van der Waals surface area contributed by atoms with Crippen molar-refractivity contribution < 1.29 is 14.4 Å². The minimum Gasteiger partial charge on any atom is -0.349 e. The van der Waals surface area contributed by atoms with E-state index in [0.29, 0.717) is 31.4 Å². The van der Waals surface area contributed by atoms with Crippen LogP contribution < -0.4 is 10.6 Å². The van der Waals surface area contributed by atoms with E-state index in [0.717, 1.165) is 42.3 Å². The highest BCUT2D eigenvalue weighted by Gasteiger charge is 2.30. The van der Waals surface area contributed by atoms with E-state index >= 15 is 0 Å². The van der Waals surface area contributed by atoms with Crippen molar-refractivity contribution in [3.63, 3.8) is 0 Å². The Morgan fingerprint density at radius 2 is 1.79 bits per heavy atom. The Kier molecular flexibility index (Phi) is 6.32. The van der Waals surface area contributed by atoms with Crippen LogP contribution in [-0.4, -0.2) is 46.7 Å². The van der Waals surface area contributed by atoms with Gasteiger partial charge in [0.05, 0.1) is 29.3 Å². The number of anilines is 1. The average Bonchev–Trinajstić information content (AvgIpc) is 3.20. The lowest BCUT2D eigenvalue weighted by Crippen LogP contribution is -2.37. The number of fused-ring (bicyclic) bond motifs is 1. The van der Waals surface area contributed by atoms with Crippen LogP contribution in [0.2, 0.25) is 0 Å². The van der Waals surface area contributed by atoms with E-state index in [1.807, 2.05) is 18.0 Å². The molecule has 2 fully saturated rings. The van der Waals surface area contributed by atoms with Crippen LogP contribution in [0.3, 0.4) is 0 Å². The summed E-state index contributed by atoms with van der Waals surface area (Å²) in [6.45, 7) is 0. The molecular formula is C23H25BrN4O3S2. The number of H-pyrrole nitrogens is 1. The predicted molar refractivity (Wildman–Crippen MR) is 136 cm³/mol. The highest BCUT2D eigenvalue weighted by Crippen LogP contribution is 2.36. The zero-order valence-electron chi connectivity index (χ0n) is 18.2. The van der Waals surface area contributed by atoms with Crippen LogP contribution in [0.25, 0.3) is 10.2 Å². The van der Waals surface area contributed by atoms with Crippen LogP contribution in [0, 0.1) is 0 Å². The fourth-order valence-corrected chi connectivity index (χ4v) is 6.73. The van der Waals surface area contributed by atoms with Crippen LogP contribution in [0.4, 0.5) is 5.82 Å². The maximum Gasteiger partial charge on any atom is 0.266 e. The van der Waals surface area contributed by atoms with Crippen molar-refractivity contribution in [3.05, 3.63) is 37.3 Å². The number of amides is 3. The molecular weight excluding hydrogens is 524 g/mol. The van der Waals surface area contributed by atoms with Crippen LogP contribution in [0.15, 0.2) is 22.0 Å². The highest BCUT2D eigenvalue weighted by molar-refractivity contribution is 9.11. The van der Waals surface area contributed by atoms with Crippen molar-refractivity contribution in [2.45, 2.75) is 57.0 Å². The molecule has 0 spiro atoms. The molecule has 0 atom stereocenters. The van der Waals surface area contributed by atoms with Gasteiger partial charge in [0.2, 0.25) is 0 Å². The van der Waals surface area contributed by atoms with Gasteiger partial charge >= 0.3 is 0 Å². The standard InChI is InChI=1S/C23H25BrN4O3S2/c1-28(13-5-3-2-4-6-13)23(31)16-11-14-19(33-16)18(22(30)25-12-7-8-12)20(26-14)27-21(29)15-9-10-17(24)32-15/h9-13,26H,2-8H2,1H3,(H,25,30)(H,27,29). The quantitative estimate of drug-likeness (QED) is 0.374. The maximum absolute atomic E-state index is 13.2. The summed E-state index contributed by atoms with van der Waals surface area (Å²) in [5.74, 6) is -0.163. The number of aromatic nitrogens is 1. The second-order valence-corrected chi connectivity index (χ2v) is 12.3. The van der Waals surface area contributed by atoms with Gasteiger partial charge in [0.1, 0.15) is 5.82 Å². The van der Waals surface area contributed by atoms with Crippen molar-refractivity contribution in [3.8, 4) is 0 Å². The third-order valence-corrected chi connectivity index (χ3v) is 9.06. The molecule has 33 heavy (non-hydrogen) atoms. The lowest BCUT2D eigenvalue weighted by atomic mass is 9.94. The second-order valence-electron chi connectivity index (χ2n) is 8.74. The lowest BCUT2D eigenvalue weighted by molar-refractivity contribution is 0.0701. The number of nitrogens with one attached hydrogen (secondary N) is 3. The minimum atomic E-state index is -0.284. The van der Waals surface area contributed by atoms with Crippen LogP contribution in [0.5, 0.6) is 0 Å². The van der Waals surface area contributed by atoms with Crippen LogP contribution in [0.1, 0.15) is 74.6 Å². The molecule has 0 bridgehead atoms. The molecule has 5 rings (SSSR count). The van der Waals surface area contributed by atoms with Gasteiger partial charge in [-0.3, -0.25) is 14.4 Å². The fraction of sp³-hybridized carbons (Fsp3) is 0.435. The van der Waals surface area contributed by atoms with Gasteiger partial charge < -0.3 is 20.5 Å². The predicted octanol–water partition coefficient (Wildman–Crippen LogP) is 5.60. The summed E-state index contributed by atoms with van der Waals surface area (Å²) < 4.78 is 1.55. The summed E-state index contributed by atoms with van der Waals surface area (Å²) in [7, 11) is 1.87. The summed E-state index contributed by atoms with van der Waals surface area (Å²) in [5.41, 5.74) is 1.08. The fourth-order valence-electron chi connectivity index (χ4n) is 4.30. The van der Waals surface area contributed by atoms with Crippen molar-refractivity contribution >= 4 is 72.4 Å². The van der Waals surface area contributed by atoms with Crippen molar-refractivity contribution in [1.82, 2.24) is 15.2 Å². The van der Waals surface area contributed by atoms with Crippen molar-refractivity contribution in [2.75, 3.05) is 12.4 Å². The van der Waals surface area contributed by atoms with Gasteiger partial charge in [-0.1, -0.05) is 19.3 Å². The Balaban J connectivity index is 1.45. The molecule has 0 aromatic carbocycles. The topological polar surface area (TPSA) is 94.3 Å². The Hall–Kier alpha value is -2.17. The Bertz CT molecular complexity index is 1220. The molecule has 174 valence electrons. The SMILES string of the molecule is CN(C(=O)c1cc2[nH]c(NC(=O)c3ccc(Br)s3)c(C(=O)NC3CC3)c2s1)C1CCCCC1. The third-order valence-electron chi connectivity index (χ3n) is 6.30. The Labute approximate surface area is 208 Å². The molecule has 0 radical (unpaired) electrons. The van der Waals surface area contributed by atoms with E-state index in [1.165, 1.54) is 29.1 Å². The summed E-state index contributed by atoms with van der Waals surface area (Å²) in [4.78, 5) is 45.2. The zero-order chi connectivity index (χ0) is 23.1. The Morgan fingerprint density at radius 3 is 2.45 bits per heavy atom. The summed E-state index contributed by atoms with van der Waals surface area (Å²) >= 11 is 6.01. The largest absolute Gasteiger partial charge is 0.349 e. The molecule has 0 aliphatic heterocycles. The van der Waals surface area contributed by atoms with Crippen LogP contribution in [-0.2, 0) is 0 Å². The molecule has 10 heteroatoms. The van der Waals surface area contributed by atoms with Gasteiger partial charge in [0.25, 0.3) is 17.7 Å². The smallest absolute Gasteiger partial charge is 0.266 e. The number of nitrogens with zero attached hydrogens (tertiary/aromatic N) is 1. The normalized spacial score (nSPS) is 16.7. The number of hydrogen-bond donors (Lipinski definition) is 3. The number of thiophene rings is 2. The van der Waals surface area contributed by atoms with Crippen molar-refractivity contribution in [2.24, 2.45) is 0 Å². The first-order chi connectivity index (χ1) is 15.9. The maximum atomic E-state index is 13.2. The van der Waals surface area contributed by atoms with E-state index in [-0.39, 0.29) is 29.8 Å². The number of aromatic amines is 1. The molecule has 3 aromatic heterocycles. The lowest BCUT2D eigenvalue weighted by Gasteiger charge is -2.30. The first-order valence-electron chi connectivity index (χ1n) is 11.2. The summed E-state index contributed by atoms with van der Waals surface area (Å²) in [6.07, 6.45) is 7.54. The first-order valence-corrected chi connectivity index (χ1v) is 13.6. The molecule has 0 unspecified atom stereocenters. The zero-order valence-corrected chi connectivity index (χ0v) is 21.4. The number of rotatable bonds is 6. The molecule has 2 aliphatic rings. The summed E-state index contributed by atoms with van der Waals surface area (Å²) in [6, 6.07) is 5.79. The number of halogens is 1. The van der Waals surface area contributed by atoms with E-state index in [2.05, 4.69) is 31.5 Å². The highest BCUT2D eigenvalue weighted by atomic mass is 79.9. The van der Waals surface area contributed by atoms with E-state index in [4.69, 9.17) is 0 Å². The second kappa shape index (κ2) is 9.23. The average molecular weight is 550 g/mol. The van der Waals surface area contributed by atoms with Gasteiger partial charge in [0, 0.05) is 19.1 Å². The molecule has 0 saturated heterocycles. The van der Waals surface area contributed by atoms with Gasteiger partial charge in [-0.25, -0.2) is 0 Å². The Morgan fingerprint density at radius 1 is 1.03 bits per heavy atom. The van der Waals surface area contributed by atoms with Crippen LogP contribution >= 0.6 is 38.6 Å². The van der Waals surface area contributed by atoms with Gasteiger partial charge in [0.15, 0.2) is 0 Å². The summed E-state index contributed by atoms with van der Waals surface area (Å²) in [5, 5.41) is 5.87.